The third-order valence-electron chi connectivity index (χ3n) is 4.28. The van der Waals surface area contributed by atoms with Crippen LogP contribution in [0.1, 0.15) is 32.0 Å². The number of nitrogens with zero attached hydrogens (tertiary/aromatic N) is 2. The molecule has 1 fully saturated rings. The van der Waals surface area contributed by atoms with Gasteiger partial charge in [-0.05, 0) is 31.0 Å². The zero-order valence-electron chi connectivity index (χ0n) is 12.5. The number of hydrogen-bond acceptors (Lipinski definition) is 3. The van der Waals surface area contributed by atoms with Gasteiger partial charge < -0.3 is 14.6 Å². The summed E-state index contributed by atoms with van der Waals surface area (Å²) in [6.07, 6.45) is 1.12. The van der Waals surface area contributed by atoms with E-state index in [1.165, 1.54) is 11.3 Å². The molecule has 2 heterocycles. The van der Waals surface area contributed by atoms with Gasteiger partial charge in [-0.25, -0.2) is 4.98 Å². The van der Waals surface area contributed by atoms with Crippen LogP contribution in [-0.4, -0.2) is 29.8 Å². The number of ether oxygens (including phenoxy) is 1. The van der Waals surface area contributed by atoms with Gasteiger partial charge in [0.15, 0.2) is 0 Å². The fourth-order valence-electron chi connectivity index (χ4n) is 3.15. The van der Waals surface area contributed by atoms with Crippen LogP contribution in [0.25, 0.3) is 11.0 Å². The van der Waals surface area contributed by atoms with E-state index in [2.05, 4.69) is 29.8 Å². The third-order valence-corrected chi connectivity index (χ3v) is 4.28. The summed E-state index contributed by atoms with van der Waals surface area (Å²) in [6.45, 7) is 7.67. The lowest BCUT2D eigenvalue weighted by Crippen LogP contribution is -2.15. The van der Waals surface area contributed by atoms with Crippen LogP contribution in [0.4, 0.5) is 0 Å². The van der Waals surface area contributed by atoms with E-state index in [0.29, 0.717) is 11.8 Å². The molecular weight excluding hydrogens is 250 g/mol. The van der Waals surface area contributed by atoms with Crippen LogP contribution in [0.5, 0.6) is 5.75 Å². The first-order chi connectivity index (χ1) is 9.74. The second kappa shape index (κ2) is 5.44. The summed E-state index contributed by atoms with van der Waals surface area (Å²) in [6, 6.07) is 6.20. The lowest BCUT2D eigenvalue weighted by molar-refractivity contribution is 0.415. The van der Waals surface area contributed by atoms with E-state index in [-0.39, 0.29) is 0 Å². The number of methoxy groups -OCH3 is 1. The first-order valence-corrected chi connectivity index (χ1v) is 7.49. The van der Waals surface area contributed by atoms with E-state index in [9.17, 15) is 0 Å². The molecule has 1 saturated heterocycles. The first kappa shape index (κ1) is 13.4. The van der Waals surface area contributed by atoms with Crippen molar-refractivity contribution in [3.05, 3.63) is 24.0 Å². The number of benzene rings is 1. The van der Waals surface area contributed by atoms with Gasteiger partial charge in [0.25, 0.3) is 0 Å². The summed E-state index contributed by atoms with van der Waals surface area (Å²) < 4.78 is 7.71. The van der Waals surface area contributed by atoms with Crippen molar-refractivity contribution in [1.29, 1.82) is 0 Å². The fraction of sp³-hybridized carbons (Fsp3) is 0.562. The molecular formula is C16H23N3O. The minimum Gasteiger partial charge on any atom is -0.497 e. The van der Waals surface area contributed by atoms with Crippen LogP contribution in [0.3, 0.4) is 0 Å². The summed E-state index contributed by atoms with van der Waals surface area (Å²) in [7, 11) is 1.70. The molecule has 1 aliphatic heterocycles. The molecule has 4 heteroatoms. The number of aromatic nitrogens is 2. The van der Waals surface area contributed by atoms with Crippen molar-refractivity contribution < 1.29 is 4.74 Å². The molecule has 1 N–H and O–H groups in total. The largest absolute Gasteiger partial charge is 0.497 e. The Balaban J connectivity index is 2.11. The second-order valence-electron chi connectivity index (χ2n) is 5.72. The maximum Gasteiger partial charge on any atom is 0.121 e. The van der Waals surface area contributed by atoms with E-state index in [0.717, 1.165) is 37.3 Å². The monoisotopic (exact) mass is 273 g/mol. The molecule has 0 spiro atoms. The molecule has 0 amide bonds. The van der Waals surface area contributed by atoms with Crippen molar-refractivity contribution in [2.45, 2.75) is 32.7 Å². The number of fused-ring (bicyclic) bond motifs is 1. The highest BCUT2D eigenvalue weighted by Gasteiger charge is 2.29. The fourth-order valence-corrected chi connectivity index (χ4v) is 3.15. The smallest absolute Gasteiger partial charge is 0.121 e. The number of rotatable bonds is 4. The Kier molecular flexibility index (Phi) is 3.66. The molecule has 0 radical (unpaired) electrons. The van der Waals surface area contributed by atoms with E-state index < -0.39 is 0 Å². The Morgan fingerprint density at radius 1 is 1.40 bits per heavy atom. The molecule has 4 nitrogen and oxygen atoms in total. The van der Waals surface area contributed by atoms with Crippen molar-refractivity contribution in [3.63, 3.8) is 0 Å². The molecule has 3 rings (SSSR count). The van der Waals surface area contributed by atoms with E-state index in [4.69, 9.17) is 9.72 Å². The molecule has 108 valence electrons. The van der Waals surface area contributed by atoms with Crippen LogP contribution in [-0.2, 0) is 6.54 Å². The number of hydrogen-bond donors (Lipinski definition) is 1. The normalized spacial score (nSPS) is 22.6. The van der Waals surface area contributed by atoms with Crippen LogP contribution >= 0.6 is 0 Å². The standard InChI is InChI=1S/C16H23N3O/c1-4-7-19-15-6-5-12(20-3)8-14(15)18-16(19)13-10-17-9-11(13)2/h5-6,8,11,13,17H,4,7,9-10H2,1-3H3. The van der Waals surface area contributed by atoms with Gasteiger partial charge in [0.1, 0.15) is 11.6 Å². The Labute approximate surface area is 120 Å². The van der Waals surface area contributed by atoms with Gasteiger partial charge in [-0.1, -0.05) is 13.8 Å². The summed E-state index contributed by atoms with van der Waals surface area (Å²) in [5, 5.41) is 3.48. The molecule has 1 aromatic heterocycles. The van der Waals surface area contributed by atoms with E-state index in [1.807, 2.05) is 12.1 Å². The topological polar surface area (TPSA) is 39.1 Å². The van der Waals surface area contributed by atoms with Gasteiger partial charge in [-0.2, -0.15) is 0 Å². The Bertz CT molecular complexity index is 605. The first-order valence-electron chi connectivity index (χ1n) is 7.49. The molecule has 0 saturated carbocycles. The minimum absolute atomic E-state index is 0.514. The molecule has 2 unspecified atom stereocenters. The summed E-state index contributed by atoms with van der Waals surface area (Å²) in [5.74, 6) is 3.26. The number of imidazole rings is 1. The van der Waals surface area contributed by atoms with Crippen LogP contribution in [0, 0.1) is 5.92 Å². The molecule has 1 aromatic carbocycles. The zero-order valence-corrected chi connectivity index (χ0v) is 12.5. The summed E-state index contributed by atoms with van der Waals surface area (Å²) in [4.78, 5) is 4.92. The molecule has 0 bridgehead atoms. The zero-order chi connectivity index (χ0) is 14.1. The SMILES string of the molecule is CCCn1c(C2CNCC2C)nc2cc(OC)ccc21. The van der Waals surface area contributed by atoms with Gasteiger partial charge in [0.2, 0.25) is 0 Å². The van der Waals surface area contributed by atoms with Crippen molar-refractivity contribution in [1.82, 2.24) is 14.9 Å². The summed E-state index contributed by atoms with van der Waals surface area (Å²) in [5.41, 5.74) is 2.27. The van der Waals surface area contributed by atoms with E-state index in [1.54, 1.807) is 7.11 Å². The Morgan fingerprint density at radius 2 is 2.25 bits per heavy atom. The predicted octanol–water partition coefficient (Wildman–Crippen LogP) is 2.78. The van der Waals surface area contributed by atoms with Crippen molar-refractivity contribution in [2.24, 2.45) is 5.92 Å². The highest BCUT2D eigenvalue weighted by atomic mass is 16.5. The van der Waals surface area contributed by atoms with E-state index >= 15 is 0 Å². The van der Waals surface area contributed by atoms with Crippen molar-refractivity contribution in [2.75, 3.05) is 20.2 Å². The molecule has 2 aromatic rings. The highest BCUT2D eigenvalue weighted by Crippen LogP contribution is 2.31. The second-order valence-corrected chi connectivity index (χ2v) is 5.72. The maximum atomic E-state index is 5.32. The Morgan fingerprint density at radius 3 is 2.90 bits per heavy atom. The van der Waals surface area contributed by atoms with Crippen molar-refractivity contribution in [3.8, 4) is 5.75 Å². The molecule has 20 heavy (non-hydrogen) atoms. The average Bonchev–Trinajstić information content (AvgIpc) is 3.02. The quantitative estimate of drug-likeness (QED) is 0.931. The van der Waals surface area contributed by atoms with Gasteiger partial charge >= 0.3 is 0 Å². The van der Waals surface area contributed by atoms with Gasteiger partial charge in [-0.3, -0.25) is 0 Å². The summed E-state index contributed by atoms with van der Waals surface area (Å²) >= 11 is 0. The van der Waals surface area contributed by atoms with Gasteiger partial charge in [0, 0.05) is 25.1 Å². The molecule has 2 atom stereocenters. The maximum absolute atomic E-state index is 5.32. The lowest BCUT2D eigenvalue weighted by atomic mass is 9.97. The van der Waals surface area contributed by atoms with Crippen LogP contribution < -0.4 is 10.1 Å². The highest BCUT2D eigenvalue weighted by molar-refractivity contribution is 5.78. The lowest BCUT2D eigenvalue weighted by Gasteiger charge is -2.16. The minimum atomic E-state index is 0.514. The molecule has 1 aliphatic rings. The average molecular weight is 273 g/mol. The third kappa shape index (κ3) is 2.18. The predicted molar refractivity (Wildman–Crippen MR) is 81.4 cm³/mol. The number of nitrogens with one attached hydrogen (secondary N) is 1. The molecule has 0 aliphatic carbocycles. The van der Waals surface area contributed by atoms with Crippen LogP contribution in [0.15, 0.2) is 18.2 Å². The van der Waals surface area contributed by atoms with Gasteiger partial charge in [0.05, 0.1) is 18.1 Å². The van der Waals surface area contributed by atoms with Crippen molar-refractivity contribution >= 4 is 11.0 Å². The van der Waals surface area contributed by atoms with Crippen LogP contribution in [0.2, 0.25) is 0 Å². The Hall–Kier alpha value is -1.55. The van der Waals surface area contributed by atoms with Gasteiger partial charge in [-0.15, -0.1) is 0 Å². The number of aryl methyl sites for hydroxylation is 1.